The molecule has 1 aromatic heterocycles. The molecule has 1 aliphatic rings. The number of aromatic nitrogens is 2. The summed E-state index contributed by atoms with van der Waals surface area (Å²) in [6.45, 7) is 0. The van der Waals surface area contributed by atoms with Crippen molar-refractivity contribution in [1.29, 1.82) is 0 Å². The van der Waals surface area contributed by atoms with Crippen LogP contribution in [0.3, 0.4) is 0 Å². The third-order valence-corrected chi connectivity index (χ3v) is 4.67. The molecule has 1 saturated carbocycles. The average Bonchev–Trinajstić information content (AvgIpc) is 2.41. The van der Waals surface area contributed by atoms with E-state index in [4.69, 9.17) is 0 Å². The van der Waals surface area contributed by atoms with E-state index in [9.17, 15) is 0 Å². The number of hydrogen-bond acceptors (Lipinski definition) is 3. The molecule has 3 nitrogen and oxygen atoms in total. The Hall–Kier alpha value is -0.680. The van der Waals surface area contributed by atoms with Gasteiger partial charge >= 0.3 is 0 Å². The molecule has 2 aromatic rings. The Balaban J connectivity index is 1.98. The van der Waals surface area contributed by atoms with Crippen LogP contribution in [-0.4, -0.2) is 16.0 Å². The van der Waals surface area contributed by atoms with Crippen molar-refractivity contribution in [2.45, 2.75) is 38.1 Å². The van der Waals surface area contributed by atoms with Crippen molar-refractivity contribution < 1.29 is 0 Å². The van der Waals surface area contributed by atoms with Crippen LogP contribution < -0.4 is 5.32 Å². The Morgan fingerprint density at radius 2 is 1.84 bits per heavy atom. The molecule has 0 saturated heterocycles. The molecule has 0 bridgehead atoms. The van der Waals surface area contributed by atoms with Crippen molar-refractivity contribution in [2.24, 2.45) is 0 Å². The smallest absolute Gasteiger partial charge is 0.137 e. The van der Waals surface area contributed by atoms with Crippen LogP contribution in [0, 0.1) is 0 Å². The zero-order valence-electron chi connectivity index (χ0n) is 10.5. The minimum absolute atomic E-state index is 0.546. The molecule has 0 unspecified atom stereocenters. The van der Waals surface area contributed by atoms with Crippen LogP contribution in [0.15, 0.2) is 27.4 Å². The summed E-state index contributed by atoms with van der Waals surface area (Å²) >= 11 is 7.09. The fourth-order valence-corrected chi connectivity index (χ4v) is 3.97. The number of benzene rings is 1. The fourth-order valence-electron chi connectivity index (χ4n) is 2.65. The SMILES string of the molecule is Brc1cc(Br)c2ncnc(NC3CCCCC3)c2c1. The average molecular weight is 385 g/mol. The van der Waals surface area contributed by atoms with Crippen LogP contribution in [0.25, 0.3) is 10.9 Å². The van der Waals surface area contributed by atoms with Gasteiger partial charge in [-0.1, -0.05) is 35.2 Å². The van der Waals surface area contributed by atoms with Gasteiger partial charge in [-0.15, -0.1) is 0 Å². The van der Waals surface area contributed by atoms with Crippen LogP contribution in [0.1, 0.15) is 32.1 Å². The van der Waals surface area contributed by atoms with Gasteiger partial charge in [0.15, 0.2) is 0 Å². The molecule has 1 aromatic carbocycles. The maximum absolute atomic E-state index is 4.42. The van der Waals surface area contributed by atoms with Gasteiger partial charge in [-0.25, -0.2) is 9.97 Å². The summed E-state index contributed by atoms with van der Waals surface area (Å²) in [7, 11) is 0. The van der Waals surface area contributed by atoms with E-state index in [1.165, 1.54) is 32.1 Å². The molecule has 1 aliphatic carbocycles. The second-order valence-corrected chi connectivity index (χ2v) is 6.76. The molecule has 0 aliphatic heterocycles. The van der Waals surface area contributed by atoms with Crippen molar-refractivity contribution in [3.05, 3.63) is 27.4 Å². The van der Waals surface area contributed by atoms with Gasteiger partial charge in [0.1, 0.15) is 12.1 Å². The van der Waals surface area contributed by atoms with Gasteiger partial charge in [0, 0.05) is 20.4 Å². The lowest BCUT2D eigenvalue weighted by Gasteiger charge is -2.23. The fraction of sp³-hybridized carbons (Fsp3) is 0.429. The Morgan fingerprint density at radius 1 is 1.05 bits per heavy atom. The molecule has 0 radical (unpaired) electrons. The standard InChI is InChI=1S/C14H15Br2N3/c15-9-6-11-13(12(16)7-9)17-8-18-14(11)19-10-4-2-1-3-5-10/h6-8,10H,1-5H2,(H,17,18,19). The molecular weight excluding hydrogens is 370 g/mol. The predicted octanol–water partition coefficient (Wildman–Crippen LogP) is 4.90. The minimum Gasteiger partial charge on any atom is -0.367 e. The highest BCUT2D eigenvalue weighted by Crippen LogP contribution is 2.31. The summed E-state index contributed by atoms with van der Waals surface area (Å²) in [6.07, 6.45) is 8.09. The number of halogens is 2. The summed E-state index contributed by atoms with van der Waals surface area (Å²) in [4.78, 5) is 8.78. The molecule has 1 heterocycles. The van der Waals surface area contributed by atoms with Crippen molar-refractivity contribution in [3.8, 4) is 0 Å². The molecule has 1 fully saturated rings. The van der Waals surface area contributed by atoms with Gasteiger partial charge in [0.25, 0.3) is 0 Å². The predicted molar refractivity (Wildman–Crippen MR) is 85.4 cm³/mol. The lowest BCUT2D eigenvalue weighted by atomic mass is 9.95. The summed E-state index contributed by atoms with van der Waals surface area (Å²) in [6, 6.07) is 4.63. The summed E-state index contributed by atoms with van der Waals surface area (Å²) < 4.78 is 2.03. The number of nitrogens with zero attached hydrogens (tertiary/aromatic N) is 2. The van der Waals surface area contributed by atoms with E-state index >= 15 is 0 Å². The molecule has 0 atom stereocenters. The summed E-state index contributed by atoms with van der Waals surface area (Å²) in [5.74, 6) is 0.943. The second kappa shape index (κ2) is 5.75. The summed E-state index contributed by atoms with van der Waals surface area (Å²) in [5.41, 5.74) is 0.955. The van der Waals surface area contributed by atoms with E-state index in [1.54, 1.807) is 6.33 Å². The van der Waals surface area contributed by atoms with E-state index in [0.29, 0.717) is 6.04 Å². The van der Waals surface area contributed by atoms with Gasteiger partial charge in [-0.2, -0.15) is 0 Å². The van der Waals surface area contributed by atoms with Crippen molar-refractivity contribution in [3.63, 3.8) is 0 Å². The first kappa shape index (κ1) is 13.3. The number of nitrogens with one attached hydrogen (secondary N) is 1. The second-order valence-electron chi connectivity index (χ2n) is 4.99. The first-order valence-electron chi connectivity index (χ1n) is 6.60. The highest BCUT2D eigenvalue weighted by atomic mass is 79.9. The Labute approximate surface area is 129 Å². The molecule has 19 heavy (non-hydrogen) atoms. The van der Waals surface area contributed by atoms with Crippen molar-refractivity contribution in [1.82, 2.24) is 9.97 Å². The largest absolute Gasteiger partial charge is 0.367 e. The molecule has 1 N–H and O–H groups in total. The lowest BCUT2D eigenvalue weighted by Crippen LogP contribution is -2.23. The Bertz CT molecular complexity index is 595. The minimum atomic E-state index is 0.546. The van der Waals surface area contributed by atoms with E-state index < -0.39 is 0 Å². The maximum Gasteiger partial charge on any atom is 0.137 e. The topological polar surface area (TPSA) is 37.8 Å². The van der Waals surface area contributed by atoms with Crippen LogP contribution in [0.2, 0.25) is 0 Å². The van der Waals surface area contributed by atoms with E-state index in [2.05, 4.69) is 53.2 Å². The zero-order chi connectivity index (χ0) is 13.2. The highest BCUT2D eigenvalue weighted by molar-refractivity contribution is 9.11. The Morgan fingerprint density at radius 3 is 2.63 bits per heavy atom. The molecule has 5 heteroatoms. The number of anilines is 1. The molecule has 0 spiro atoms. The van der Waals surface area contributed by atoms with Crippen LogP contribution >= 0.6 is 31.9 Å². The van der Waals surface area contributed by atoms with E-state index in [-0.39, 0.29) is 0 Å². The lowest BCUT2D eigenvalue weighted by molar-refractivity contribution is 0.462. The van der Waals surface area contributed by atoms with Gasteiger partial charge < -0.3 is 5.32 Å². The third-order valence-electron chi connectivity index (χ3n) is 3.60. The van der Waals surface area contributed by atoms with Crippen LogP contribution in [0.5, 0.6) is 0 Å². The highest BCUT2D eigenvalue weighted by Gasteiger charge is 2.15. The summed E-state index contributed by atoms with van der Waals surface area (Å²) in [5, 5.41) is 4.65. The first-order valence-corrected chi connectivity index (χ1v) is 8.19. The van der Waals surface area contributed by atoms with Crippen molar-refractivity contribution in [2.75, 3.05) is 5.32 Å². The molecule has 0 amide bonds. The maximum atomic E-state index is 4.42. The molecule has 3 rings (SSSR count). The normalized spacial score (nSPS) is 16.7. The van der Waals surface area contributed by atoms with E-state index in [0.717, 1.165) is 25.7 Å². The Kier molecular flexibility index (Phi) is 4.03. The van der Waals surface area contributed by atoms with Gasteiger partial charge in [0.05, 0.1) is 5.52 Å². The van der Waals surface area contributed by atoms with Crippen LogP contribution in [-0.2, 0) is 0 Å². The number of hydrogen-bond donors (Lipinski definition) is 1. The monoisotopic (exact) mass is 383 g/mol. The number of rotatable bonds is 2. The van der Waals surface area contributed by atoms with E-state index in [1.807, 2.05) is 6.07 Å². The molecular formula is C14H15Br2N3. The third kappa shape index (κ3) is 2.92. The first-order chi connectivity index (χ1) is 9.24. The van der Waals surface area contributed by atoms with Crippen LogP contribution in [0.4, 0.5) is 5.82 Å². The van der Waals surface area contributed by atoms with Gasteiger partial charge in [-0.05, 0) is 40.9 Å². The number of fused-ring (bicyclic) bond motifs is 1. The zero-order valence-corrected chi connectivity index (χ0v) is 13.7. The molecule has 100 valence electrons. The van der Waals surface area contributed by atoms with Gasteiger partial charge in [-0.3, -0.25) is 0 Å². The van der Waals surface area contributed by atoms with Crippen molar-refractivity contribution >= 4 is 48.6 Å². The quantitative estimate of drug-likeness (QED) is 0.800. The van der Waals surface area contributed by atoms with Gasteiger partial charge in [0.2, 0.25) is 0 Å².